The van der Waals surface area contributed by atoms with Crippen molar-refractivity contribution in [1.29, 1.82) is 0 Å². The van der Waals surface area contributed by atoms with E-state index in [2.05, 4.69) is 0 Å². The van der Waals surface area contributed by atoms with Crippen LogP contribution in [0.25, 0.3) is 0 Å². The van der Waals surface area contributed by atoms with Crippen molar-refractivity contribution < 1.29 is 9.47 Å². The molecule has 56 valence electrons. The number of rotatable bonds is 1. The Balaban J connectivity index is 2.69. The van der Waals surface area contributed by atoms with Crippen molar-refractivity contribution in [3.8, 4) is 0 Å². The topological polar surface area (TPSA) is 18.5 Å². The van der Waals surface area contributed by atoms with Gasteiger partial charge in [0.1, 0.15) is 5.76 Å². The molecule has 0 aromatic rings. The molecule has 0 spiro atoms. The van der Waals surface area contributed by atoms with Gasteiger partial charge in [-0.25, -0.2) is 0 Å². The summed E-state index contributed by atoms with van der Waals surface area (Å²) in [6.45, 7) is 3.92. The number of hydrogen-bond donors (Lipinski definition) is 0. The van der Waals surface area contributed by atoms with Gasteiger partial charge >= 0.3 is 0 Å². The highest BCUT2D eigenvalue weighted by atomic mass is 16.7. The van der Waals surface area contributed by atoms with Gasteiger partial charge in [-0.1, -0.05) is 0 Å². The maximum atomic E-state index is 5.27. The summed E-state index contributed by atoms with van der Waals surface area (Å²) in [5, 5.41) is 0. The molecular weight excluding hydrogens is 128 g/mol. The molecule has 1 heterocycles. The van der Waals surface area contributed by atoms with E-state index in [0.717, 1.165) is 17.8 Å². The van der Waals surface area contributed by atoms with Gasteiger partial charge in [-0.3, -0.25) is 0 Å². The minimum atomic E-state index is 0.653. The fourth-order valence-corrected chi connectivity index (χ4v) is 0.871. The summed E-state index contributed by atoms with van der Waals surface area (Å²) < 4.78 is 10.3. The van der Waals surface area contributed by atoms with E-state index >= 15 is 0 Å². The maximum absolute atomic E-state index is 5.27. The Kier molecular flexibility index (Phi) is 2.00. The van der Waals surface area contributed by atoms with E-state index in [-0.39, 0.29) is 0 Å². The highest BCUT2D eigenvalue weighted by Gasteiger charge is 2.09. The lowest BCUT2D eigenvalue weighted by molar-refractivity contribution is 0.0946. The van der Waals surface area contributed by atoms with Crippen LogP contribution in [0.3, 0.4) is 0 Å². The van der Waals surface area contributed by atoms with E-state index < -0.39 is 0 Å². The summed E-state index contributed by atoms with van der Waals surface area (Å²) in [6, 6.07) is 0. The fraction of sp³-hybridized carbons (Fsp3) is 0.500. The first-order chi connectivity index (χ1) is 4.74. The van der Waals surface area contributed by atoms with Crippen LogP contribution in [-0.4, -0.2) is 7.11 Å². The maximum Gasteiger partial charge on any atom is 0.283 e. The largest absolute Gasteiger partial charge is 0.469 e. The first-order valence-electron chi connectivity index (χ1n) is 3.32. The Morgan fingerprint density at radius 2 is 2.20 bits per heavy atom. The predicted molar refractivity (Wildman–Crippen MR) is 39.2 cm³/mol. The van der Waals surface area contributed by atoms with Crippen molar-refractivity contribution in [3.05, 3.63) is 23.4 Å². The zero-order valence-electron chi connectivity index (χ0n) is 6.60. The summed E-state index contributed by atoms with van der Waals surface area (Å²) in [5.74, 6) is 1.57. The molecule has 0 N–H and O–H groups in total. The van der Waals surface area contributed by atoms with Crippen molar-refractivity contribution in [1.82, 2.24) is 0 Å². The normalized spacial score (nSPS) is 18.1. The molecular formula is C8H12O2. The van der Waals surface area contributed by atoms with Gasteiger partial charge < -0.3 is 9.47 Å². The molecule has 1 aliphatic rings. The Hall–Kier alpha value is -0.920. The van der Waals surface area contributed by atoms with Crippen LogP contribution in [0.4, 0.5) is 0 Å². The van der Waals surface area contributed by atoms with Gasteiger partial charge in [0.05, 0.1) is 7.11 Å². The van der Waals surface area contributed by atoms with E-state index in [4.69, 9.17) is 9.47 Å². The SMILES string of the molecule is COC1=C(C)CC=C(C)O1. The Morgan fingerprint density at radius 3 is 2.70 bits per heavy atom. The number of methoxy groups -OCH3 is 1. The molecule has 0 bridgehead atoms. The molecule has 0 saturated heterocycles. The number of ether oxygens (including phenoxy) is 2. The quantitative estimate of drug-likeness (QED) is 0.555. The Bertz CT molecular complexity index is 189. The second-order valence-corrected chi connectivity index (χ2v) is 2.39. The smallest absolute Gasteiger partial charge is 0.283 e. The monoisotopic (exact) mass is 140 g/mol. The fourth-order valence-electron chi connectivity index (χ4n) is 0.871. The van der Waals surface area contributed by atoms with Crippen LogP contribution in [0.15, 0.2) is 23.4 Å². The van der Waals surface area contributed by atoms with Crippen LogP contribution in [0.5, 0.6) is 0 Å². The lowest BCUT2D eigenvalue weighted by Crippen LogP contribution is -2.01. The zero-order chi connectivity index (χ0) is 7.56. The van der Waals surface area contributed by atoms with Crippen LogP contribution in [-0.2, 0) is 9.47 Å². The van der Waals surface area contributed by atoms with E-state index in [9.17, 15) is 0 Å². The molecule has 0 unspecified atom stereocenters. The van der Waals surface area contributed by atoms with Crippen molar-refractivity contribution in [2.45, 2.75) is 20.3 Å². The lowest BCUT2D eigenvalue weighted by Gasteiger charge is -2.15. The van der Waals surface area contributed by atoms with Crippen molar-refractivity contribution in [2.24, 2.45) is 0 Å². The van der Waals surface area contributed by atoms with E-state index in [1.807, 2.05) is 19.9 Å². The third-order valence-electron chi connectivity index (χ3n) is 1.48. The van der Waals surface area contributed by atoms with Gasteiger partial charge in [0.2, 0.25) is 0 Å². The van der Waals surface area contributed by atoms with Crippen LogP contribution in [0.1, 0.15) is 20.3 Å². The van der Waals surface area contributed by atoms with Gasteiger partial charge in [-0.15, -0.1) is 0 Å². The Labute approximate surface area is 61.1 Å². The molecule has 0 aromatic heterocycles. The third-order valence-corrected chi connectivity index (χ3v) is 1.48. The molecule has 2 nitrogen and oxygen atoms in total. The second-order valence-electron chi connectivity index (χ2n) is 2.39. The van der Waals surface area contributed by atoms with Crippen LogP contribution in [0, 0.1) is 0 Å². The molecule has 0 atom stereocenters. The molecule has 0 amide bonds. The summed E-state index contributed by atoms with van der Waals surface area (Å²) in [4.78, 5) is 0. The van der Waals surface area contributed by atoms with Crippen LogP contribution in [0.2, 0.25) is 0 Å². The minimum absolute atomic E-state index is 0.653. The van der Waals surface area contributed by atoms with E-state index in [0.29, 0.717) is 5.95 Å². The average molecular weight is 140 g/mol. The van der Waals surface area contributed by atoms with Crippen molar-refractivity contribution >= 4 is 0 Å². The molecule has 1 rings (SSSR count). The molecule has 0 aliphatic carbocycles. The van der Waals surface area contributed by atoms with Gasteiger partial charge in [-0.05, 0) is 26.3 Å². The second kappa shape index (κ2) is 2.78. The molecule has 1 aliphatic heterocycles. The lowest BCUT2D eigenvalue weighted by atomic mass is 10.2. The number of hydrogen-bond acceptors (Lipinski definition) is 2. The summed E-state index contributed by atoms with van der Waals surface area (Å²) in [5.41, 5.74) is 1.15. The van der Waals surface area contributed by atoms with Gasteiger partial charge in [0.25, 0.3) is 5.95 Å². The highest BCUT2D eigenvalue weighted by molar-refractivity contribution is 5.13. The zero-order valence-corrected chi connectivity index (χ0v) is 6.60. The summed E-state index contributed by atoms with van der Waals surface area (Å²) in [6.07, 6.45) is 2.98. The van der Waals surface area contributed by atoms with Gasteiger partial charge in [-0.2, -0.15) is 0 Å². The van der Waals surface area contributed by atoms with Gasteiger partial charge in [0, 0.05) is 5.57 Å². The first kappa shape index (κ1) is 7.19. The number of allylic oxidation sites excluding steroid dienone is 3. The standard InChI is InChI=1S/C8H12O2/c1-6-4-5-7(2)10-8(6)9-3/h5H,4H2,1-3H3. The molecule has 0 aromatic carbocycles. The van der Waals surface area contributed by atoms with E-state index in [1.165, 1.54) is 0 Å². The molecule has 0 radical (unpaired) electrons. The van der Waals surface area contributed by atoms with Crippen LogP contribution >= 0.6 is 0 Å². The average Bonchev–Trinajstić information content (AvgIpc) is 1.94. The first-order valence-corrected chi connectivity index (χ1v) is 3.32. The summed E-state index contributed by atoms with van der Waals surface area (Å²) in [7, 11) is 1.62. The highest BCUT2D eigenvalue weighted by Crippen LogP contribution is 2.20. The third kappa shape index (κ3) is 1.32. The predicted octanol–water partition coefficient (Wildman–Crippen LogP) is 2.19. The molecule has 2 heteroatoms. The summed E-state index contributed by atoms with van der Waals surface area (Å²) >= 11 is 0. The Morgan fingerprint density at radius 1 is 1.50 bits per heavy atom. The molecule has 0 fully saturated rings. The van der Waals surface area contributed by atoms with Crippen molar-refractivity contribution in [2.75, 3.05) is 7.11 Å². The minimum Gasteiger partial charge on any atom is -0.469 e. The van der Waals surface area contributed by atoms with E-state index in [1.54, 1.807) is 7.11 Å². The van der Waals surface area contributed by atoms with Crippen LogP contribution < -0.4 is 0 Å². The van der Waals surface area contributed by atoms with Gasteiger partial charge in [0.15, 0.2) is 0 Å². The van der Waals surface area contributed by atoms with Crippen molar-refractivity contribution in [3.63, 3.8) is 0 Å². The molecule has 0 saturated carbocycles. The molecule has 10 heavy (non-hydrogen) atoms.